The molecule has 6 nitrogen and oxygen atoms in total. The average molecular weight is 317 g/mol. The van der Waals surface area contributed by atoms with Gasteiger partial charge in [0.25, 0.3) is 0 Å². The Labute approximate surface area is 127 Å². The van der Waals surface area contributed by atoms with Gasteiger partial charge in [-0.1, -0.05) is 0 Å². The molecular weight excluding hydrogens is 290 g/mol. The third-order valence-electron chi connectivity index (χ3n) is 4.45. The van der Waals surface area contributed by atoms with Crippen molar-refractivity contribution >= 4 is 15.9 Å². The van der Waals surface area contributed by atoms with Gasteiger partial charge in [0.2, 0.25) is 15.9 Å². The SMILES string of the molecule is CC1CCCCN1C(=O)CN1CCC(NS(C)(=O)=O)CC1. The first-order valence-corrected chi connectivity index (χ1v) is 9.73. The summed E-state index contributed by atoms with van der Waals surface area (Å²) in [5.74, 6) is 0.219. The third-order valence-corrected chi connectivity index (χ3v) is 5.21. The average Bonchev–Trinajstić information content (AvgIpc) is 2.40. The van der Waals surface area contributed by atoms with Gasteiger partial charge in [0, 0.05) is 31.7 Å². The molecule has 2 heterocycles. The van der Waals surface area contributed by atoms with Crippen LogP contribution in [0.1, 0.15) is 39.0 Å². The summed E-state index contributed by atoms with van der Waals surface area (Å²) in [4.78, 5) is 16.5. The number of amides is 1. The quantitative estimate of drug-likeness (QED) is 0.815. The smallest absolute Gasteiger partial charge is 0.236 e. The molecule has 7 heteroatoms. The second kappa shape index (κ2) is 7.07. The highest BCUT2D eigenvalue weighted by atomic mass is 32.2. The number of hydrogen-bond acceptors (Lipinski definition) is 4. The number of carbonyl (C=O) groups excluding carboxylic acids is 1. The molecule has 2 rings (SSSR count). The molecule has 2 saturated heterocycles. The normalized spacial score (nSPS) is 26.0. The number of likely N-dealkylation sites (tertiary alicyclic amines) is 2. The molecule has 122 valence electrons. The van der Waals surface area contributed by atoms with E-state index in [4.69, 9.17) is 0 Å². The molecular formula is C14H27N3O3S. The lowest BCUT2D eigenvalue weighted by Gasteiger charge is -2.37. The Morgan fingerprint density at radius 2 is 1.81 bits per heavy atom. The molecule has 0 aliphatic carbocycles. The predicted octanol–water partition coefficient (Wildman–Crippen LogP) is 0.401. The zero-order chi connectivity index (χ0) is 15.5. The largest absolute Gasteiger partial charge is 0.339 e. The van der Waals surface area contributed by atoms with Gasteiger partial charge in [-0.15, -0.1) is 0 Å². The number of rotatable bonds is 4. The lowest BCUT2D eigenvalue weighted by Crippen LogP contribution is -2.50. The third kappa shape index (κ3) is 5.23. The Hall–Kier alpha value is -0.660. The molecule has 2 fully saturated rings. The predicted molar refractivity (Wildman–Crippen MR) is 82.5 cm³/mol. The Morgan fingerprint density at radius 1 is 1.14 bits per heavy atom. The molecule has 1 atom stereocenters. The maximum atomic E-state index is 12.4. The van der Waals surface area contributed by atoms with Crippen LogP contribution in [0.2, 0.25) is 0 Å². The highest BCUT2D eigenvalue weighted by molar-refractivity contribution is 7.88. The minimum atomic E-state index is -3.13. The summed E-state index contributed by atoms with van der Waals surface area (Å²) in [6, 6.07) is 0.371. The number of piperidine rings is 2. The zero-order valence-electron chi connectivity index (χ0n) is 13.0. The molecule has 1 unspecified atom stereocenters. The maximum absolute atomic E-state index is 12.4. The molecule has 0 aromatic heterocycles. The van der Waals surface area contributed by atoms with Gasteiger partial charge in [-0.05, 0) is 39.0 Å². The van der Waals surface area contributed by atoms with E-state index in [1.165, 1.54) is 12.7 Å². The van der Waals surface area contributed by atoms with E-state index in [1.54, 1.807) is 0 Å². The molecule has 1 amide bonds. The van der Waals surface area contributed by atoms with E-state index in [0.717, 1.165) is 45.3 Å². The number of nitrogens with zero attached hydrogens (tertiary/aromatic N) is 2. The van der Waals surface area contributed by atoms with Crippen molar-refractivity contribution in [3.63, 3.8) is 0 Å². The Kier molecular flexibility index (Phi) is 5.62. The van der Waals surface area contributed by atoms with Crippen molar-refractivity contribution < 1.29 is 13.2 Å². The number of hydrogen-bond donors (Lipinski definition) is 1. The zero-order valence-corrected chi connectivity index (χ0v) is 13.9. The van der Waals surface area contributed by atoms with Crippen molar-refractivity contribution in [1.29, 1.82) is 0 Å². The number of sulfonamides is 1. The Balaban J connectivity index is 1.76. The van der Waals surface area contributed by atoms with E-state index in [0.29, 0.717) is 12.6 Å². The van der Waals surface area contributed by atoms with E-state index >= 15 is 0 Å². The van der Waals surface area contributed by atoms with Crippen LogP contribution in [-0.4, -0.2) is 68.6 Å². The van der Waals surface area contributed by atoms with Crippen LogP contribution < -0.4 is 4.72 Å². The summed E-state index contributed by atoms with van der Waals surface area (Å²) in [6.45, 7) is 5.03. The van der Waals surface area contributed by atoms with Crippen LogP contribution in [0.3, 0.4) is 0 Å². The van der Waals surface area contributed by atoms with E-state index in [-0.39, 0.29) is 11.9 Å². The first-order valence-electron chi connectivity index (χ1n) is 7.84. The van der Waals surface area contributed by atoms with Crippen molar-refractivity contribution in [3.05, 3.63) is 0 Å². The van der Waals surface area contributed by atoms with Gasteiger partial charge in [0.05, 0.1) is 12.8 Å². The van der Waals surface area contributed by atoms with Gasteiger partial charge in [-0.25, -0.2) is 13.1 Å². The fourth-order valence-corrected chi connectivity index (χ4v) is 4.10. The summed E-state index contributed by atoms with van der Waals surface area (Å²) in [5, 5.41) is 0. The van der Waals surface area contributed by atoms with Crippen molar-refractivity contribution in [2.24, 2.45) is 0 Å². The van der Waals surface area contributed by atoms with E-state index in [1.807, 2.05) is 4.90 Å². The minimum absolute atomic E-state index is 0.0141. The summed E-state index contributed by atoms with van der Waals surface area (Å²) in [7, 11) is -3.13. The second-order valence-corrected chi connectivity index (χ2v) is 8.15. The highest BCUT2D eigenvalue weighted by Crippen LogP contribution is 2.17. The van der Waals surface area contributed by atoms with Gasteiger partial charge in [0.15, 0.2) is 0 Å². The molecule has 0 aromatic carbocycles. The van der Waals surface area contributed by atoms with Gasteiger partial charge in [-0.3, -0.25) is 9.69 Å². The van der Waals surface area contributed by atoms with E-state index < -0.39 is 10.0 Å². The standard InChI is InChI=1S/C14H27N3O3S/c1-12-5-3-4-8-17(12)14(18)11-16-9-6-13(7-10-16)15-21(2,19)20/h12-13,15H,3-11H2,1-2H3. The molecule has 0 bridgehead atoms. The van der Waals surface area contributed by atoms with E-state index in [2.05, 4.69) is 16.5 Å². The summed E-state index contributed by atoms with van der Waals surface area (Å²) in [5.41, 5.74) is 0. The topological polar surface area (TPSA) is 69.7 Å². The van der Waals surface area contributed by atoms with Crippen LogP contribution in [0.5, 0.6) is 0 Å². The molecule has 0 saturated carbocycles. The highest BCUT2D eigenvalue weighted by Gasteiger charge is 2.27. The van der Waals surface area contributed by atoms with Crippen molar-refractivity contribution in [1.82, 2.24) is 14.5 Å². The van der Waals surface area contributed by atoms with Gasteiger partial charge in [0.1, 0.15) is 0 Å². The summed E-state index contributed by atoms with van der Waals surface area (Å²) < 4.78 is 25.1. The maximum Gasteiger partial charge on any atom is 0.236 e. The molecule has 2 aliphatic rings. The van der Waals surface area contributed by atoms with Crippen LogP contribution in [0.25, 0.3) is 0 Å². The van der Waals surface area contributed by atoms with Crippen LogP contribution in [-0.2, 0) is 14.8 Å². The Bertz CT molecular complexity index is 458. The second-order valence-electron chi connectivity index (χ2n) is 6.37. The van der Waals surface area contributed by atoms with Crippen molar-refractivity contribution in [2.45, 2.75) is 51.1 Å². The minimum Gasteiger partial charge on any atom is -0.339 e. The fraction of sp³-hybridized carbons (Fsp3) is 0.929. The monoisotopic (exact) mass is 317 g/mol. The van der Waals surface area contributed by atoms with Crippen LogP contribution in [0.4, 0.5) is 0 Å². The van der Waals surface area contributed by atoms with Crippen molar-refractivity contribution in [2.75, 3.05) is 32.4 Å². The molecule has 1 N–H and O–H groups in total. The molecule has 21 heavy (non-hydrogen) atoms. The molecule has 0 radical (unpaired) electrons. The van der Waals surface area contributed by atoms with Crippen molar-refractivity contribution in [3.8, 4) is 0 Å². The molecule has 0 aromatic rings. The first-order chi connectivity index (χ1) is 9.85. The van der Waals surface area contributed by atoms with Crippen LogP contribution in [0, 0.1) is 0 Å². The Morgan fingerprint density at radius 3 is 2.38 bits per heavy atom. The van der Waals surface area contributed by atoms with E-state index in [9.17, 15) is 13.2 Å². The van der Waals surface area contributed by atoms with Gasteiger partial charge in [-0.2, -0.15) is 0 Å². The lowest BCUT2D eigenvalue weighted by atomic mass is 10.0. The summed E-state index contributed by atoms with van der Waals surface area (Å²) in [6.07, 6.45) is 6.17. The van der Waals surface area contributed by atoms with Gasteiger partial charge >= 0.3 is 0 Å². The fourth-order valence-electron chi connectivity index (χ4n) is 3.26. The molecule has 0 spiro atoms. The summed E-state index contributed by atoms with van der Waals surface area (Å²) >= 11 is 0. The first kappa shape index (κ1) is 16.7. The lowest BCUT2D eigenvalue weighted by molar-refractivity contribution is -0.135. The van der Waals surface area contributed by atoms with Gasteiger partial charge < -0.3 is 4.90 Å². The number of carbonyl (C=O) groups is 1. The van der Waals surface area contributed by atoms with Crippen LogP contribution in [0.15, 0.2) is 0 Å². The molecule has 2 aliphatic heterocycles. The number of nitrogens with one attached hydrogen (secondary N) is 1. The van der Waals surface area contributed by atoms with Crippen LogP contribution >= 0.6 is 0 Å².